The molecule has 0 aliphatic carbocycles. The topological polar surface area (TPSA) is 22.1 Å². The highest BCUT2D eigenvalue weighted by Gasteiger charge is 1.91. The average molecular weight is 169 g/mol. The second-order valence-electron chi connectivity index (χ2n) is 2.16. The van der Waals surface area contributed by atoms with E-state index in [2.05, 4.69) is 17.6 Å². The summed E-state index contributed by atoms with van der Waals surface area (Å²) >= 11 is 4.07. The van der Waals surface area contributed by atoms with Gasteiger partial charge in [0.25, 0.3) is 0 Å². The fourth-order valence-electron chi connectivity index (χ4n) is 0.722. The van der Waals surface area contributed by atoms with Crippen molar-refractivity contribution in [3.63, 3.8) is 0 Å². The number of thiol groups is 1. The van der Waals surface area contributed by atoms with Crippen molar-refractivity contribution in [2.45, 2.75) is 18.6 Å². The summed E-state index contributed by atoms with van der Waals surface area (Å²) in [6, 6.07) is 3.82. The third-order valence-electron chi connectivity index (χ3n) is 1.28. The third kappa shape index (κ3) is 2.91. The summed E-state index contributed by atoms with van der Waals surface area (Å²) in [5.41, 5.74) is 1.09. The van der Waals surface area contributed by atoms with Crippen molar-refractivity contribution in [2.24, 2.45) is 0 Å². The summed E-state index contributed by atoms with van der Waals surface area (Å²) < 4.78 is 5.19. The van der Waals surface area contributed by atoms with Gasteiger partial charge in [0, 0.05) is 12.8 Å². The lowest BCUT2D eigenvalue weighted by atomic mass is 10.3. The molecule has 0 saturated heterocycles. The molecule has 0 radical (unpaired) electrons. The maximum absolute atomic E-state index is 5.19. The molecule has 0 fully saturated rings. The Bertz CT molecular complexity index is 210. The smallest absolute Gasteiger partial charge is 0.0929 e. The SMILES string of the molecule is CCOCc1ccc(S)nc1. The number of rotatable bonds is 3. The van der Waals surface area contributed by atoms with Crippen LogP contribution in [-0.4, -0.2) is 11.6 Å². The van der Waals surface area contributed by atoms with E-state index in [9.17, 15) is 0 Å². The lowest BCUT2D eigenvalue weighted by Crippen LogP contribution is -1.92. The fourth-order valence-corrected chi connectivity index (χ4v) is 0.854. The van der Waals surface area contributed by atoms with Crippen LogP contribution in [-0.2, 0) is 11.3 Å². The van der Waals surface area contributed by atoms with Crippen LogP contribution in [0.3, 0.4) is 0 Å². The molecule has 3 heteroatoms. The molecule has 60 valence electrons. The Labute approximate surface area is 72.0 Å². The van der Waals surface area contributed by atoms with Crippen LogP contribution >= 0.6 is 12.6 Å². The van der Waals surface area contributed by atoms with E-state index in [0.29, 0.717) is 6.61 Å². The van der Waals surface area contributed by atoms with Crippen LogP contribution in [0.15, 0.2) is 23.4 Å². The van der Waals surface area contributed by atoms with Crippen LogP contribution in [0.25, 0.3) is 0 Å². The van der Waals surface area contributed by atoms with E-state index in [1.807, 2.05) is 19.1 Å². The molecule has 11 heavy (non-hydrogen) atoms. The molecule has 2 nitrogen and oxygen atoms in total. The summed E-state index contributed by atoms with van der Waals surface area (Å²) in [4.78, 5) is 4.02. The Morgan fingerprint density at radius 1 is 1.55 bits per heavy atom. The molecule has 0 amide bonds. The predicted molar refractivity (Wildman–Crippen MR) is 46.8 cm³/mol. The van der Waals surface area contributed by atoms with E-state index in [0.717, 1.165) is 17.2 Å². The van der Waals surface area contributed by atoms with Crippen LogP contribution in [0.5, 0.6) is 0 Å². The first-order valence-electron chi connectivity index (χ1n) is 3.54. The third-order valence-corrected chi connectivity index (χ3v) is 1.55. The van der Waals surface area contributed by atoms with Gasteiger partial charge in [0.05, 0.1) is 11.6 Å². The second kappa shape index (κ2) is 4.36. The first-order valence-corrected chi connectivity index (χ1v) is 3.99. The van der Waals surface area contributed by atoms with Gasteiger partial charge >= 0.3 is 0 Å². The minimum Gasteiger partial charge on any atom is -0.377 e. The number of ether oxygens (including phenoxy) is 1. The van der Waals surface area contributed by atoms with Gasteiger partial charge in [-0.1, -0.05) is 6.07 Å². The van der Waals surface area contributed by atoms with Crippen LogP contribution in [0.4, 0.5) is 0 Å². The van der Waals surface area contributed by atoms with Crippen molar-refractivity contribution in [2.75, 3.05) is 6.61 Å². The monoisotopic (exact) mass is 169 g/mol. The minimum atomic E-state index is 0.636. The Morgan fingerprint density at radius 3 is 2.91 bits per heavy atom. The summed E-state index contributed by atoms with van der Waals surface area (Å²) in [5.74, 6) is 0. The summed E-state index contributed by atoms with van der Waals surface area (Å²) in [6.07, 6.45) is 1.78. The van der Waals surface area contributed by atoms with Gasteiger partial charge in [0.1, 0.15) is 0 Å². The van der Waals surface area contributed by atoms with Crippen molar-refractivity contribution < 1.29 is 4.74 Å². The molecule has 0 spiro atoms. The van der Waals surface area contributed by atoms with Gasteiger partial charge in [-0.2, -0.15) is 0 Å². The van der Waals surface area contributed by atoms with Crippen molar-refractivity contribution >= 4 is 12.6 Å². The molecule has 0 aliphatic rings. The van der Waals surface area contributed by atoms with Crippen molar-refractivity contribution in [1.29, 1.82) is 0 Å². The van der Waals surface area contributed by atoms with Gasteiger partial charge in [-0.25, -0.2) is 4.98 Å². The Kier molecular flexibility index (Phi) is 3.39. The number of aromatic nitrogens is 1. The van der Waals surface area contributed by atoms with E-state index in [1.54, 1.807) is 6.20 Å². The summed E-state index contributed by atoms with van der Waals surface area (Å²) in [6.45, 7) is 3.35. The zero-order valence-corrected chi connectivity index (χ0v) is 7.34. The molecule has 0 aromatic carbocycles. The standard InChI is InChI=1S/C8H11NOS/c1-2-10-6-7-3-4-8(11)9-5-7/h3-5H,2,6H2,1H3,(H,9,11). The predicted octanol–water partition coefficient (Wildman–Crippen LogP) is 1.91. The quantitative estimate of drug-likeness (QED) is 0.698. The highest BCUT2D eigenvalue weighted by molar-refractivity contribution is 7.80. The normalized spacial score (nSPS) is 10.0. The highest BCUT2D eigenvalue weighted by atomic mass is 32.1. The van der Waals surface area contributed by atoms with E-state index >= 15 is 0 Å². The molecule has 0 bridgehead atoms. The maximum atomic E-state index is 5.19. The van der Waals surface area contributed by atoms with Crippen LogP contribution < -0.4 is 0 Å². The van der Waals surface area contributed by atoms with Gasteiger partial charge in [0.15, 0.2) is 0 Å². The van der Waals surface area contributed by atoms with Crippen molar-refractivity contribution in [3.05, 3.63) is 23.9 Å². The molecule has 1 aromatic heterocycles. The molecule has 0 aliphatic heterocycles. The molecule has 0 atom stereocenters. The number of hydrogen-bond donors (Lipinski definition) is 1. The van der Waals surface area contributed by atoms with E-state index in [4.69, 9.17) is 4.74 Å². The van der Waals surface area contributed by atoms with Gasteiger partial charge in [0.2, 0.25) is 0 Å². The Hall–Kier alpha value is -0.540. The second-order valence-corrected chi connectivity index (χ2v) is 2.62. The summed E-state index contributed by atoms with van der Waals surface area (Å²) in [5, 5.41) is 0.741. The molecule has 0 saturated carbocycles. The van der Waals surface area contributed by atoms with Gasteiger partial charge < -0.3 is 4.74 Å². The molecule has 1 heterocycles. The molecule has 1 aromatic rings. The average Bonchev–Trinajstić information content (AvgIpc) is 2.04. The number of pyridine rings is 1. The maximum Gasteiger partial charge on any atom is 0.0929 e. The van der Waals surface area contributed by atoms with E-state index in [-0.39, 0.29) is 0 Å². The molecule has 0 N–H and O–H groups in total. The van der Waals surface area contributed by atoms with E-state index in [1.165, 1.54) is 0 Å². The molecular weight excluding hydrogens is 158 g/mol. The van der Waals surface area contributed by atoms with Gasteiger partial charge in [-0.3, -0.25) is 0 Å². The Balaban J connectivity index is 2.52. The first-order chi connectivity index (χ1) is 5.33. The highest BCUT2D eigenvalue weighted by Crippen LogP contribution is 2.04. The van der Waals surface area contributed by atoms with Gasteiger partial charge in [-0.05, 0) is 18.6 Å². The van der Waals surface area contributed by atoms with Crippen LogP contribution in [0.1, 0.15) is 12.5 Å². The number of nitrogens with zero attached hydrogens (tertiary/aromatic N) is 1. The van der Waals surface area contributed by atoms with Crippen LogP contribution in [0.2, 0.25) is 0 Å². The van der Waals surface area contributed by atoms with Gasteiger partial charge in [-0.15, -0.1) is 12.6 Å². The zero-order chi connectivity index (χ0) is 8.10. The zero-order valence-electron chi connectivity index (χ0n) is 6.45. The van der Waals surface area contributed by atoms with Crippen molar-refractivity contribution in [3.8, 4) is 0 Å². The largest absolute Gasteiger partial charge is 0.377 e. The molecule has 1 rings (SSSR count). The Morgan fingerprint density at radius 2 is 2.36 bits per heavy atom. The fraction of sp³-hybridized carbons (Fsp3) is 0.375. The molecule has 0 unspecified atom stereocenters. The van der Waals surface area contributed by atoms with Crippen molar-refractivity contribution in [1.82, 2.24) is 4.98 Å². The first kappa shape index (κ1) is 8.56. The minimum absolute atomic E-state index is 0.636. The lowest BCUT2D eigenvalue weighted by molar-refractivity contribution is 0.134. The number of hydrogen-bond acceptors (Lipinski definition) is 3. The molecular formula is C8H11NOS. The lowest BCUT2D eigenvalue weighted by Gasteiger charge is -1.99. The van der Waals surface area contributed by atoms with E-state index < -0.39 is 0 Å². The summed E-state index contributed by atoms with van der Waals surface area (Å²) in [7, 11) is 0. The van der Waals surface area contributed by atoms with Crippen LogP contribution in [0, 0.1) is 0 Å².